The fourth-order valence-electron chi connectivity index (χ4n) is 3.79. The van der Waals surface area contributed by atoms with Gasteiger partial charge in [0, 0.05) is 18.2 Å². The SMILES string of the molecule is Cc1ccccc1C1CCCN1c1ncnc2ccc(S(C)(=O)=O)cc12. The van der Waals surface area contributed by atoms with Gasteiger partial charge < -0.3 is 4.90 Å². The van der Waals surface area contributed by atoms with Gasteiger partial charge >= 0.3 is 0 Å². The first-order chi connectivity index (χ1) is 12.4. The highest BCUT2D eigenvalue weighted by Gasteiger charge is 2.29. The van der Waals surface area contributed by atoms with Gasteiger partial charge in [0.1, 0.15) is 12.1 Å². The van der Waals surface area contributed by atoms with Crippen LogP contribution in [0.5, 0.6) is 0 Å². The minimum atomic E-state index is -3.28. The lowest BCUT2D eigenvalue weighted by molar-refractivity contribution is 0.602. The molecule has 6 heteroatoms. The monoisotopic (exact) mass is 367 g/mol. The van der Waals surface area contributed by atoms with E-state index in [-0.39, 0.29) is 6.04 Å². The summed E-state index contributed by atoms with van der Waals surface area (Å²) in [6, 6.07) is 13.7. The molecule has 1 atom stereocenters. The number of anilines is 1. The van der Waals surface area contributed by atoms with Crippen LogP contribution >= 0.6 is 0 Å². The fourth-order valence-corrected chi connectivity index (χ4v) is 4.43. The summed E-state index contributed by atoms with van der Waals surface area (Å²) >= 11 is 0. The molecule has 26 heavy (non-hydrogen) atoms. The van der Waals surface area contributed by atoms with Crippen molar-refractivity contribution in [3.8, 4) is 0 Å². The molecule has 5 nitrogen and oxygen atoms in total. The van der Waals surface area contributed by atoms with Crippen molar-refractivity contribution in [1.29, 1.82) is 0 Å². The summed E-state index contributed by atoms with van der Waals surface area (Å²) in [5.41, 5.74) is 3.33. The minimum absolute atomic E-state index is 0.246. The highest BCUT2D eigenvalue weighted by Crippen LogP contribution is 2.39. The second-order valence-electron chi connectivity index (χ2n) is 6.86. The Balaban J connectivity index is 1.86. The van der Waals surface area contributed by atoms with Crippen molar-refractivity contribution < 1.29 is 8.42 Å². The minimum Gasteiger partial charge on any atom is -0.349 e. The summed E-state index contributed by atoms with van der Waals surface area (Å²) in [5, 5.41) is 0.788. The van der Waals surface area contributed by atoms with Gasteiger partial charge in [-0.1, -0.05) is 24.3 Å². The van der Waals surface area contributed by atoms with E-state index in [4.69, 9.17) is 0 Å². The van der Waals surface area contributed by atoms with Crippen LogP contribution in [0.4, 0.5) is 5.82 Å². The highest BCUT2D eigenvalue weighted by atomic mass is 32.2. The molecule has 0 aliphatic carbocycles. The van der Waals surface area contributed by atoms with Gasteiger partial charge in [0.15, 0.2) is 9.84 Å². The third-order valence-electron chi connectivity index (χ3n) is 5.09. The average Bonchev–Trinajstić information content (AvgIpc) is 3.09. The van der Waals surface area contributed by atoms with E-state index in [1.165, 1.54) is 17.4 Å². The van der Waals surface area contributed by atoms with Crippen LogP contribution in [-0.2, 0) is 9.84 Å². The third kappa shape index (κ3) is 2.94. The molecule has 134 valence electrons. The van der Waals surface area contributed by atoms with Gasteiger partial charge in [0.25, 0.3) is 0 Å². The lowest BCUT2D eigenvalue weighted by Crippen LogP contribution is -2.24. The molecule has 2 heterocycles. The van der Waals surface area contributed by atoms with Crippen molar-refractivity contribution >= 4 is 26.6 Å². The van der Waals surface area contributed by atoms with Crippen LogP contribution in [0.1, 0.15) is 30.0 Å². The molecule has 1 aliphatic heterocycles. The Morgan fingerprint density at radius 2 is 1.92 bits per heavy atom. The topological polar surface area (TPSA) is 63.2 Å². The number of aromatic nitrogens is 2. The molecule has 0 spiro atoms. The predicted octanol–water partition coefficient (Wildman–Crippen LogP) is 3.68. The Kier molecular flexibility index (Phi) is 4.15. The molecule has 1 unspecified atom stereocenters. The molecule has 2 aromatic carbocycles. The largest absolute Gasteiger partial charge is 0.349 e. The number of nitrogens with zero attached hydrogens (tertiary/aromatic N) is 3. The van der Waals surface area contributed by atoms with Gasteiger partial charge in [-0.15, -0.1) is 0 Å². The van der Waals surface area contributed by atoms with Crippen molar-refractivity contribution in [2.24, 2.45) is 0 Å². The third-order valence-corrected chi connectivity index (χ3v) is 6.20. The molecule has 4 rings (SSSR count). The Hall–Kier alpha value is -2.47. The van der Waals surface area contributed by atoms with Crippen molar-refractivity contribution in [2.75, 3.05) is 17.7 Å². The van der Waals surface area contributed by atoms with Crippen LogP contribution in [0, 0.1) is 6.92 Å². The Morgan fingerprint density at radius 1 is 1.12 bits per heavy atom. The van der Waals surface area contributed by atoms with Crippen molar-refractivity contribution in [3.63, 3.8) is 0 Å². The van der Waals surface area contributed by atoms with Gasteiger partial charge in [0.05, 0.1) is 16.5 Å². The smallest absolute Gasteiger partial charge is 0.175 e. The van der Waals surface area contributed by atoms with E-state index in [0.29, 0.717) is 4.90 Å². The molecule has 3 aromatic rings. The zero-order valence-electron chi connectivity index (χ0n) is 14.9. The lowest BCUT2D eigenvalue weighted by atomic mass is 9.99. The summed E-state index contributed by atoms with van der Waals surface area (Å²) in [5.74, 6) is 0.811. The van der Waals surface area contributed by atoms with Crippen molar-refractivity contribution in [3.05, 3.63) is 59.9 Å². The number of fused-ring (bicyclic) bond motifs is 1. The fraction of sp³-hybridized carbons (Fsp3) is 0.300. The maximum atomic E-state index is 12.0. The average molecular weight is 367 g/mol. The van der Waals surface area contributed by atoms with E-state index in [2.05, 4.69) is 46.1 Å². The Labute approximate surface area is 153 Å². The number of hydrogen-bond acceptors (Lipinski definition) is 5. The van der Waals surface area contributed by atoms with Crippen LogP contribution in [0.3, 0.4) is 0 Å². The lowest BCUT2D eigenvalue weighted by Gasteiger charge is -2.28. The number of rotatable bonds is 3. The second kappa shape index (κ2) is 6.36. The first-order valence-corrected chi connectivity index (χ1v) is 10.6. The molecule has 0 bridgehead atoms. The summed E-state index contributed by atoms with van der Waals surface area (Å²) in [6.07, 6.45) is 4.92. The van der Waals surface area contributed by atoms with E-state index in [1.54, 1.807) is 24.5 Å². The van der Waals surface area contributed by atoms with Gasteiger partial charge in [-0.05, 0) is 49.1 Å². The predicted molar refractivity (Wildman–Crippen MR) is 103 cm³/mol. The van der Waals surface area contributed by atoms with Crippen LogP contribution < -0.4 is 4.90 Å². The summed E-state index contributed by atoms with van der Waals surface area (Å²) in [6.45, 7) is 3.03. The summed E-state index contributed by atoms with van der Waals surface area (Å²) in [7, 11) is -3.28. The van der Waals surface area contributed by atoms with Crippen LogP contribution in [0.15, 0.2) is 53.7 Å². The first kappa shape index (κ1) is 17.0. The number of sulfone groups is 1. The molecular weight excluding hydrogens is 346 g/mol. The number of aryl methyl sites for hydroxylation is 1. The molecule has 1 aliphatic rings. The highest BCUT2D eigenvalue weighted by molar-refractivity contribution is 7.90. The molecule has 1 saturated heterocycles. The molecule has 0 N–H and O–H groups in total. The molecular formula is C20H21N3O2S. The van der Waals surface area contributed by atoms with Gasteiger partial charge in [-0.25, -0.2) is 18.4 Å². The van der Waals surface area contributed by atoms with E-state index in [1.807, 2.05) is 0 Å². The quantitative estimate of drug-likeness (QED) is 0.706. The summed E-state index contributed by atoms with van der Waals surface area (Å²) in [4.78, 5) is 11.4. The van der Waals surface area contributed by atoms with E-state index < -0.39 is 9.84 Å². The second-order valence-corrected chi connectivity index (χ2v) is 8.87. The van der Waals surface area contributed by atoms with Crippen molar-refractivity contribution in [1.82, 2.24) is 9.97 Å². The molecule has 0 radical (unpaired) electrons. The number of hydrogen-bond donors (Lipinski definition) is 0. The van der Waals surface area contributed by atoms with Crippen LogP contribution in [0.2, 0.25) is 0 Å². The van der Waals surface area contributed by atoms with Crippen LogP contribution in [0.25, 0.3) is 10.9 Å². The van der Waals surface area contributed by atoms with Crippen molar-refractivity contribution in [2.45, 2.75) is 30.7 Å². The number of benzene rings is 2. The Morgan fingerprint density at radius 3 is 2.69 bits per heavy atom. The molecule has 1 fully saturated rings. The van der Waals surface area contributed by atoms with E-state index in [0.717, 1.165) is 36.1 Å². The van der Waals surface area contributed by atoms with Gasteiger partial charge in [-0.2, -0.15) is 0 Å². The van der Waals surface area contributed by atoms with E-state index >= 15 is 0 Å². The van der Waals surface area contributed by atoms with Gasteiger partial charge in [-0.3, -0.25) is 0 Å². The zero-order chi connectivity index (χ0) is 18.3. The first-order valence-electron chi connectivity index (χ1n) is 8.72. The zero-order valence-corrected chi connectivity index (χ0v) is 15.7. The standard InChI is InChI=1S/C20H21N3O2S/c1-14-6-3-4-7-16(14)19-8-5-11-23(19)20-17-12-15(26(2,24)25)9-10-18(17)21-13-22-20/h3-4,6-7,9-10,12-13,19H,5,8,11H2,1-2H3. The maximum Gasteiger partial charge on any atom is 0.175 e. The molecule has 0 saturated carbocycles. The maximum absolute atomic E-state index is 12.0. The molecule has 1 aromatic heterocycles. The normalized spacial score (nSPS) is 17.8. The van der Waals surface area contributed by atoms with Crippen LogP contribution in [-0.4, -0.2) is 31.2 Å². The molecule has 0 amide bonds. The Bertz CT molecular complexity index is 1080. The van der Waals surface area contributed by atoms with E-state index in [9.17, 15) is 8.42 Å². The van der Waals surface area contributed by atoms with Gasteiger partial charge in [0.2, 0.25) is 0 Å². The summed E-state index contributed by atoms with van der Waals surface area (Å²) < 4.78 is 24.0.